The summed E-state index contributed by atoms with van der Waals surface area (Å²) in [6.45, 7) is 2.38. The SMILES string of the molecule is CC(=O)Cl.CC(=O)O.[I-].[Na+]. The van der Waals surface area contributed by atoms with E-state index in [-0.39, 0.29) is 58.8 Å². The van der Waals surface area contributed by atoms with Gasteiger partial charge >= 0.3 is 29.6 Å². The molecule has 0 aliphatic heterocycles. The van der Waals surface area contributed by atoms with Gasteiger partial charge in [-0.3, -0.25) is 9.59 Å². The molecule has 0 spiro atoms. The molecule has 0 unspecified atom stereocenters. The second-order valence-electron chi connectivity index (χ2n) is 0.989. The Kier molecular flexibility index (Phi) is 37.4. The Labute approximate surface area is 104 Å². The second-order valence-corrected chi connectivity index (χ2v) is 1.52. The molecule has 0 amide bonds. The fourth-order valence-corrected chi connectivity index (χ4v) is 0. The van der Waals surface area contributed by atoms with E-state index in [2.05, 4.69) is 11.6 Å². The minimum atomic E-state index is -0.833. The van der Waals surface area contributed by atoms with Gasteiger partial charge in [0.25, 0.3) is 5.97 Å². The van der Waals surface area contributed by atoms with Gasteiger partial charge in [-0.05, 0) is 11.6 Å². The summed E-state index contributed by atoms with van der Waals surface area (Å²) in [5.74, 6) is -0.833. The molecular weight excluding hydrogens is 281 g/mol. The summed E-state index contributed by atoms with van der Waals surface area (Å²) < 4.78 is 0. The van der Waals surface area contributed by atoms with Crippen molar-refractivity contribution in [3.8, 4) is 0 Å². The maximum atomic E-state index is 9.21. The van der Waals surface area contributed by atoms with Crippen molar-refractivity contribution in [2.45, 2.75) is 13.8 Å². The number of carbonyl (C=O) groups excluding carboxylic acids is 1. The van der Waals surface area contributed by atoms with Gasteiger partial charge in [-0.1, -0.05) is 0 Å². The van der Waals surface area contributed by atoms with Crippen LogP contribution in [0.1, 0.15) is 13.8 Å². The summed E-state index contributed by atoms with van der Waals surface area (Å²) in [6, 6.07) is 0. The Balaban J connectivity index is -0.0000000300. The smallest absolute Gasteiger partial charge is 1.00 e. The Morgan fingerprint density at radius 3 is 1.30 bits per heavy atom. The molecule has 0 saturated carbocycles. The van der Waals surface area contributed by atoms with Crippen LogP contribution in [0.25, 0.3) is 0 Å². The molecule has 0 aromatic heterocycles. The molecule has 0 atom stereocenters. The molecule has 1 N–H and O–H groups in total. The molecule has 0 bridgehead atoms. The van der Waals surface area contributed by atoms with E-state index in [1.807, 2.05) is 0 Å². The van der Waals surface area contributed by atoms with Gasteiger partial charge in [-0.15, -0.1) is 0 Å². The molecule has 0 radical (unpaired) electrons. The molecule has 0 saturated heterocycles. The Hall–Kier alpha value is 1.16. The molecule has 0 aliphatic rings. The number of rotatable bonds is 0. The molecule has 56 valence electrons. The first-order chi connectivity index (χ1) is 3.46. The van der Waals surface area contributed by atoms with Gasteiger partial charge in [0, 0.05) is 13.8 Å². The van der Waals surface area contributed by atoms with Crippen LogP contribution in [0.5, 0.6) is 0 Å². The fraction of sp³-hybridized carbons (Fsp3) is 0.500. The van der Waals surface area contributed by atoms with Gasteiger partial charge in [-0.2, -0.15) is 0 Å². The number of hydrogen-bond donors (Lipinski definition) is 1. The molecule has 6 heteroatoms. The van der Waals surface area contributed by atoms with E-state index >= 15 is 0 Å². The van der Waals surface area contributed by atoms with Crippen LogP contribution in [0.3, 0.4) is 0 Å². The van der Waals surface area contributed by atoms with Crippen LogP contribution >= 0.6 is 11.6 Å². The van der Waals surface area contributed by atoms with Crippen LogP contribution in [-0.4, -0.2) is 16.3 Å². The summed E-state index contributed by atoms with van der Waals surface area (Å²) in [4.78, 5) is 18.2. The summed E-state index contributed by atoms with van der Waals surface area (Å²) in [5, 5.41) is 7.06. The minimum absolute atomic E-state index is 0. The van der Waals surface area contributed by atoms with Crippen molar-refractivity contribution in [3.63, 3.8) is 0 Å². The molecule has 10 heavy (non-hydrogen) atoms. The van der Waals surface area contributed by atoms with Crippen LogP contribution in [-0.2, 0) is 9.59 Å². The van der Waals surface area contributed by atoms with Crippen molar-refractivity contribution < 1.29 is 68.2 Å². The third kappa shape index (κ3) is 453. The van der Waals surface area contributed by atoms with E-state index in [0.29, 0.717) is 0 Å². The first-order valence-corrected chi connectivity index (χ1v) is 2.20. The Morgan fingerprint density at radius 2 is 1.30 bits per heavy atom. The van der Waals surface area contributed by atoms with Crippen molar-refractivity contribution in [1.29, 1.82) is 0 Å². The summed E-state index contributed by atoms with van der Waals surface area (Å²) in [6.07, 6.45) is 0. The quantitative estimate of drug-likeness (QED) is 0.276. The maximum Gasteiger partial charge on any atom is 1.00 e. The predicted molar refractivity (Wildman–Crippen MR) is 29.8 cm³/mol. The van der Waals surface area contributed by atoms with Crippen LogP contribution in [0.2, 0.25) is 0 Å². The Bertz CT molecular complexity index is 78.5. The van der Waals surface area contributed by atoms with Crippen LogP contribution < -0.4 is 53.5 Å². The zero-order chi connectivity index (χ0) is 7.15. The van der Waals surface area contributed by atoms with Crippen molar-refractivity contribution in [3.05, 3.63) is 0 Å². The van der Waals surface area contributed by atoms with Crippen molar-refractivity contribution in [1.82, 2.24) is 0 Å². The van der Waals surface area contributed by atoms with E-state index in [9.17, 15) is 4.79 Å². The molecule has 0 heterocycles. The number of carboxylic acids is 1. The normalized spacial score (nSPS) is 5.10. The van der Waals surface area contributed by atoms with Gasteiger partial charge in [0.15, 0.2) is 0 Å². The van der Waals surface area contributed by atoms with Crippen molar-refractivity contribution >= 4 is 22.8 Å². The topological polar surface area (TPSA) is 54.4 Å². The standard InChI is InChI=1S/C2H3ClO.C2H4O2.HI.Na/c2*1-2(3)4;;/h1H3;1H3,(H,3,4);1H;/q;;;+1/p-1. The van der Waals surface area contributed by atoms with E-state index in [1.54, 1.807) is 0 Å². The number of aliphatic carboxylic acids is 1. The van der Waals surface area contributed by atoms with Crippen LogP contribution in [0.4, 0.5) is 0 Å². The average Bonchev–Trinajstić information content (AvgIpc) is 1.25. The molecule has 0 aromatic carbocycles. The maximum absolute atomic E-state index is 9.21. The third-order valence-electron chi connectivity index (χ3n) is 0. The van der Waals surface area contributed by atoms with Gasteiger partial charge in [0.2, 0.25) is 5.24 Å². The predicted octanol–water partition coefficient (Wildman–Crippen LogP) is -5.13. The molecule has 3 nitrogen and oxygen atoms in total. The van der Waals surface area contributed by atoms with E-state index in [1.165, 1.54) is 6.92 Å². The van der Waals surface area contributed by atoms with E-state index in [0.717, 1.165) is 6.92 Å². The Morgan fingerprint density at radius 1 is 1.30 bits per heavy atom. The zero-order valence-corrected chi connectivity index (χ0v) is 10.9. The molecular formula is C4H7ClINaO3. The molecule has 0 rings (SSSR count). The van der Waals surface area contributed by atoms with Gasteiger partial charge in [-0.25, -0.2) is 0 Å². The summed E-state index contributed by atoms with van der Waals surface area (Å²) >= 11 is 4.64. The summed E-state index contributed by atoms with van der Waals surface area (Å²) in [7, 11) is 0. The van der Waals surface area contributed by atoms with Gasteiger partial charge in [0.1, 0.15) is 0 Å². The second kappa shape index (κ2) is 16.6. The molecule has 0 aromatic rings. The largest absolute Gasteiger partial charge is 1.00 e. The summed E-state index contributed by atoms with van der Waals surface area (Å²) in [5.41, 5.74) is 0. The zero-order valence-electron chi connectivity index (χ0n) is 6.02. The number of carbonyl (C=O) groups is 2. The van der Waals surface area contributed by atoms with Crippen LogP contribution in [0, 0.1) is 0 Å². The van der Waals surface area contributed by atoms with Crippen LogP contribution in [0.15, 0.2) is 0 Å². The number of hydrogen-bond acceptors (Lipinski definition) is 2. The minimum Gasteiger partial charge on any atom is -1.00 e. The fourth-order valence-electron chi connectivity index (χ4n) is 0. The third-order valence-corrected chi connectivity index (χ3v) is 0. The first-order valence-electron chi connectivity index (χ1n) is 1.82. The monoisotopic (exact) mass is 288 g/mol. The van der Waals surface area contributed by atoms with Gasteiger partial charge < -0.3 is 29.1 Å². The van der Waals surface area contributed by atoms with E-state index < -0.39 is 5.97 Å². The molecule has 0 fully saturated rings. The number of halogens is 2. The van der Waals surface area contributed by atoms with Gasteiger partial charge in [0.05, 0.1) is 0 Å². The molecule has 0 aliphatic carbocycles. The van der Waals surface area contributed by atoms with E-state index in [4.69, 9.17) is 9.90 Å². The van der Waals surface area contributed by atoms with Crippen molar-refractivity contribution in [2.75, 3.05) is 0 Å². The number of carboxylic acid groups (broad SMARTS) is 1. The average molecular weight is 288 g/mol. The van der Waals surface area contributed by atoms with Crippen molar-refractivity contribution in [2.24, 2.45) is 0 Å². The first kappa shape index (κ1) is 22.5.